The Balaban J connectivity index is 2.45. The quantitative estimate of drug-likeness (QED) is 0.814. The first-order valence-electron chi connectivity index (χ1n) is 4.46. The Morgan fingerprint density at radius 3 is 2.75 bits per heavy atom. The molecule has 0 aliphatic carbocycles. The van der Waals surface area contributed by atoms with Crippen LogP contribution in [0.2, 0.25) is 5.02 Å². The molecule has 1 N–H and O–H groups in total. The van der Waals surface area contributed by atoms with Crippen LogP contribution in [-0.2, 0) is 0 Å². The van der Waals surface area contributed by atoms with Gasteiger partial charge >= 0.3 is 0 Å². The summed E-state index contributed by atoms with van der Waals surface area (Å²) >= 11 is 10.3. The molecule has 0 bridgehead atoms. The van der Waals surface area contributed by atoms with Crippen molar-refractivity contribution < 1.29 is 9.50 Å². The molecular formula is C11H7BrClFOS. The SMILES string of the molecule is OC(c1cccs1)c1ccc(Br)c(Cl)c1F. The first-order valence-corrected chi connectivity index (χ1v) is 6.51. The van der Waals surface area contributed by atoms with Gasteiger partial charge in [0.2, 0.25) is 0 Å². The van der Waals surface area contributed by atoms with E-state index >= 15 is 0 Å². The molecular weight excluding hydrogens is 315 g/mol. The molecule has 5 heteroatoms. The third-order valence-electron chi connectivity index (χ3n) is 2.17. The fourth-order valence-electron chi connectivity index (χ4n) is 1.35. The highest BCUT2D eigenvalue weighted by Crippen LogP contribution is 2.33. The number of aliphatic hydroxyl groups is 1. The first-order chi connectivity index (χ1) is 7.61. The summed E-state index contributed by atoms with van der Waals surface area (Å²) < 4.78 is 14.3. The average Bonchev–Trinajstić information content (AvgIpc) is 2.79. The number of halogens is 3. The van der Waals surface area contributed by atoms with Gasteiger partial charge in [0, 0.05) is 14.9 Å². The summed E-state index contributed by atoms with van der Waals surface area (Å²) in [7, 11) is 0. The standard InChI is InChI=1S/C11H7BrClFOS/c12-7-4-3-6(10(14)9(7)13)11(15)8-2-1-5-16-8/h1-5,11,15H. The number of hydrogen-bond donors (Lipinski definition) is 1. The minimum Gasteiger partial charge on any atom is -0.383 e. The molecule has 0 aliphatic heterocycles. The summed E-state index contributed by atoms with van der Waals surface area (Å²) in [5.41, 5.74) is 0.190. The van der Waals surface area contributed by atoms with Gasteiger partial charge in [-0.05, 0) is 33.4 Å². The van der Waals surface area contributed by atoms with Crippen LogP contribution in [0.3, 0.4) is 0 Å². The van der Waals surface area contributed by atoms with E-state index < -0.39 is 11.9 Å². The van der Waals surface area contributed by atoms with Gasteiger partial charge in [0.15, 0.2) is 0 Å². The summed E-state index contributed by atoms with van der Waals surface area (Å²) in [4.78, 5) is 0.692. The lowest BCUT2D eigenvalue weighted by atomic mass is 10.1. The van der Waals surface area contributed by atoms with E-state index in [0.29, 0.717) is 9.35 Å². The van der Waals surface area contributed by atoms with Gasteiger partial charge < -0.3 is 5.11 Å². The van der Waals surface area contributed by atoms with E-state index in [4.69, 9.17) is 11.6 Å². The largest absolute Gasteiger partial charge is 0.383 e. The molecule has 1 nitrogen and oxygen atoms in total. The zero-order valence-corrected chi connectivity index (χ0v) is 11.1. The number of thiophene rings is 1. The van der Waals surface area contributed by atoms with E-state index in [1.807, 2.05) is 11.4 Å². The minimum atomic E-state index is -0.967. The van der Waals surface area contributed by atoms with Crippen LogP contribution in [0.5, 0.6) is 0 Å². The third kappa shape index (κ3) is 2.15. The molecule has 0 radical (unpaired) electrons. The Labute approximate surface area is 110 Å². The summed E-state index contributed by atoms with van der Waals surface area (Å²) in [5, 5.41) is 11.8. The molecule has 84 valence electrons. The smallest absolute Gasteiger partial charge is 0.149 e. The van der Waals surface area contributed by atoms with Crippen molar-refractivity contribution in [3.8, 4) is 0 Å². The lowest BCUT2D eigenvalue weighted by molar-refractivity contribution is 0.219. The molecule has 0 fully saturated rings. The highest BCUT2D eigenvalue weighted by Gasteiger charge is 2.19. The Morgan fingerprint density at radius 2 is 2.12 bits per heavy atom. The second kappa shape index (κ2) is 4.84. The predicted octanol–water partition coefficient (Wildman–Crippen LogP) is 4.38. The number of hydrogen-bond acceptors (Lipinski definition) is 2. The van der Waals surface area contributed by atoms with Gasteiger partial charge in [0.05, 0.1) is 5.02 Å². The Kier molecular flexibility index (Phi) is 3.64. The van der Waals surface area contributed by atoms with Crippen molar-refractivity contribution in [1.82, 2.24) is 0 Å². The van der Waals surface area contributed by atoms with Crippen molar-refractivity contribution in [3.05, 3.63) is 55.4 Å². The maximum Gasteiger partial charge on any atom is 0.149 e. The summed E-state index contributed by atoms with van der Waals surface area (Å²) in [6.07, 6.45) is -0.967. The first kappa shape index (κ1) is 12.0. The molecule has 2 rings (SSSR count). The summed E-state index contributed by atoms with van der Waals surface area (Å²) in [5.74, 6) is -0.586. The molecule has 2 aromatic rings. The zero-order chi connectivity index (χ0) is 11.7. The van der Waals surface area contributed by atoms with Crippen molar-refractivity contribution in [2.75, 3.05) is 0 Å². The fraction of sp³-hybridized carbons (Fsp3) is 0.0909. The van der Waals surface area contributed by atoms with Crippen LogP contribution in [-0.4, -0.2) is 5.11 Å². The molecule has 1 aromatic carbocycles. The van der Waals surface area contributed by atoms with Crippen LogP contribution < -0.4 is 0 Å². The van der Waals surface area contributed by atoms with Gasteiger partial charge in [-0.3, -0.25) is 0 Å². The molecule has 1 unspecified atom stereocenters. The Bertz CT molecular complexity index is 501. The van der Waals surface area contributed by atoms with E-state index in [9.17, 15) is 9.50 Å². The van der Waals surface area contributed by atoms with Crippen molar-refractivity contribution >= 4 is 38.9 Å². The van der Waals surface area contributed by atoms with E-state index in [1.165, 1.54) is 17.4 Å². The van der Waals surface area contributed by atoms with Gasteiger partial charge in [0.25, 0.3) is 0 Å². The zero-order valence-electron chi connectivity index (χ0n) is 7.95. The van der Waals surface area contributed by atoms with Gasteiger partial charge in [-0.25, -0.2) is 4.39 Å². The molecule has 0 saturated heterocycles. The van der Waals surface area contributed by atoms with Crippen molar-refractivity contribution in [2.45, 2.75) is 6.10 Å². The molecule has 1 aromatic heterocycles. The molecule has 0 amide bonds. The van der Waals surface area contributed by atoms with Crippen LogP contribution in [0.4, 0.5) is 4.39 Å². The van der Waals surface area contributed by atoms with Crippen molar-refractivity contribution in [2.24, 2.45) is 0 Å². The summed E-state index contributed by atoms with van der Waals surface area (Å²) in [6, 6.07) is 6.71. The maximum atomic E-state index is 13.8. The monoisotopic (exact) mass is 320 g/mol. The van der Waals surface area contributed by atoms with Crippen LogP contribution in [0.15, 0.2) is 34.1 Å². The molecule has 0 spiro atoms. The Morgan fingerprint density at radius 1 is 1.38 bits per heavy atom. The van der Waals surface area contributed by atoms with Gasteiger partial charge in [-0.2, -0.15) is 0 Å². The third-order valence-corrected chi connectivity index (χ3v) is 4.36. The topological polar surface area (TPSA) is 20.2 Å². The normalized spacial score (nSPS) is 12.8. The predicted molar refractivity (Wildman–Crippen MR) is 67.5 cm³/mol. The molecule has 0 saturated carbocycles. The van der Waals surface area contributed by atoms with Crippen molar-refractivity contribution in [3.63, 3.8) is 0 Å². The van der Waals surface area contributed by atoms with Crippen LogP contribution in [0, 0.1) is 5.82 Å². The number of benzene rings is 1. The van der Waals surface area contributed by atoms with Crippen LogP contribution in [0.25, 0.3) is 0 Å². The van der Waals surface area contributed by atoms with Crippen molar-refractivity contribution in [1.29, 1.82) is 0 Å². The van der Waals surface area contributed by atoms with Crippen LogP contribution in [0.1, 0.15) is 16.5 Å². The van der Waals surface area contributed by atoms with Gasteiger partial charge in [-0.1, -0.05) is 23.7 Å². The van der Waals surface area contributed by atoms with Gasteiger partial charge in [0.1, 0.15) is 11.9 Å². The molecule has 0 aliphatic rings. The highest BCUT2D eigenvalue weighted by molar-refractivity contribution is 9.10. The van der Waals surface area contributed by atoms with E-state index in [0.717, 1.165) is 0 Å². The fourth-order valence-corrected chi connectivity index (χ4v) is 2.56. The molecule has 1 heterocycles. The van der Waals surface area contributed by atoms with E-state index in [1.54, 1.807) is 12.1 Å². The second-order valence-corrected chi connectivity index (χ2v) is 5.39. The lowest BCUT2D eigenvalue weighted by Gasteiger charge is -2.11. The molecule has 16 heavy (non-hydrogen) atoms. The lowest BCUT2D eigenvalue weighted by Crippen LogP contribution is -2.01. The van der Waals surface area contributed by atoms with Gasteiger partial charge in [-0.15, -0.1) is 11.3 Å². The van der Waals surface area contributed by atoms with Crippen LogP contribution >= 0.6 is 38.9 Å². The maximum absolute atomic E-state index is 13.8. The highest BCUT2D eigenvalue weighted by atomic mass is 79.9. The number of rotatable bonds is 2. The average molecular weight is 322 g/mol. The summed E-state index contributed by atoms with van der Waals surface area (Å²) in [6.45, 7) is 0. The Hall–Kier alpha value is -0.420. The van der Waals surface area contributed by atoms with E-state index in [2.05, 4.69) is 15.9 Å². The number of aliphatic hydroxyl groups excluding tert-OH is 1. The second-order valence-electron chi connectivity index (χ2n) is 3.18. The minimum absolute atomic E-state index is 0.00638. The van der Waals surface area contributed by atoms with E-state index in [-0.39, 0.29) is 10.6 Å². The molecule has 1 atom stereocenters.